The van der Waals surface area contributed by atoms with Crippen LogP contribution in [0.15, 0.2) is 11.6 Å². The Morgan fingerprint density at radius 3 is 2.26 bits per heavy atom. The van der Waals surface area contributed by atoms with Gasteiger partial charge in [-0.25, -0.2) is 4.79 Å². The number of hydrogen-bond donors (Lipinski definition) is 1. The van der Waals surface area contributed by atoms with Crippen LogP contribution >= 0.6 is 0 Å². The molecule has 0 aliphatic heterocycles. The largest absolute Gasteiger partial charge is 0.460 e. The maximum Gasteiger partial charge on any atom is 0.375 e. The van der Waals surface area contributed by atoms with Crippen LogP contribution in [-0.2, 0) is 19.1 Å². The number of unbranched alkanes of at least 4 members (excludes halogenated alkanes) is 2. The van der Waals surface area contributed by atoms with Gasteiger partial charge in [-0.2, -0.15) is 0 Å². The van der Waals surface area contributed by atoms with Crippen molar-refractivity contribution >= 4 is 23.2 Å². The number of Topliss-reactive ketones (excluding diaryl/α,β-unsaturated/α-hetero) is 2. The number of ketones is 2. The van der Waals surface area contributed by atoms with E-state index in [2.05, 4.69) is 4.74 Å². The summed E-state index contributed by atoms with van der Waals surface area (Å²) in [5.74, 6) is -2.36. The SMILES string of the molecule is CCCC/C=C(\C(C)=N)C(=O)CC(=O)C(=O)OCC. The number of carbonyl (C=O) groups is 3. The summed E-state index contributed by atoms with van der Waals surface area (Å²) in [6.07, 6.45) is 3.70. The molecule has 0 bridgehead atoms. The van der Waals surface area contributed by atoms with Crippen LogP contribution in [0.25, 0.3) is 0 Å². The zero-order valence-corrected chi connectivity index (χ0v) is 11.7. The van der Waals surface area contributed by atoms with Gasteiger partial charge in [0.25, 0.3) is 0 Å². The van der Waals surface area contributed by atoms with Crippen molar-refractivity contribution in [2.75, 3.05) is 6.61 Å². The van der Waals surface area contributed by atoms with Gasteiger partial charge in [-0.1, -0.05) is 25.8 Å². The third-order valence-electron chi connectivity index (χ3n) is 2.43. The number of rotatable bonds is 9. The summed E-state index contributed by atoms with van der Waals surface area (Å²) in [6.45, 7) is 5.20. The van der Waals surface area contributed by atoms with Crippen LogP contribution in [0.5, 0.6) is 0 Å². The van der Waals surface area contributed by atoms with Crippen molar-refractivity contribution in [1.82, 2.24) is 0 Å². The topological polar surface area (TPSA) is 84.3 Å². The second-order valence-corrected chi connectivity index (χ2v) is 4.13. The average Bonchev–Trinajstić information content (AvgIpc) is 2.34. The fourth-order valence-electron chi connectivity index (χ4n) is 1.45. The number of allylic oxidation sites excluding steroid dienone is 2. The van der Waals surface area contributed by atoms with Gasteiger partial charge in [0.15, 0.2) is 5.78 Å². The molecule has 0 saturated carbocycles. The quantitative estimate of drug-likeness (QED) is 0.173. The molecule has 5 nitrogen and oxygen atoms in total. The summed E-state index contributed by atoms with van der Waals surface area (Å²) in [5.41, 5.74) is 0.323. The van der Waals surface area contributed by atoms with Gasteiger partial charge in [-0.3, -0.25) is 9.59 Å². The van der Waals surface area contributed by atoms with Crippen LogP contribution in [0.2, 0.25) is 0 Å². The van der Waals surface area contributed by atoms with E-state index in [0.29, 0.717) is 6.42 Å². The summed E-state index contributed by atoms with van der Waals surface area (Å²) in [6, 6.07) is 0. The molecule has 0 aromatic rings. The van der Waals surface area contributed by atoms with Gasteiger partial charge in [-0.15, -0.1) is 0 Å². The van der Waals surface area contributed by atoms with Crippen molar-refractivity contribution in [3.63, 3.8) is 0 Å². The Morgan fingerprint density at radius 1 is 1.16 bits per heavy atom. The van der Waals surface area contributed by atoms with E-state index in [1.54, 1.807) is 13.0 Å². The van der Waals surface area contributed by atoms with Crippen LogP contribution < -0.4 is 0 Å². The van der Waals surface area contributed by atoms with Gasteiger partial charge in [0.1, 0.15) is 0 Å². The molecule has 0 aliphatic carbocycles. The number of carbonyl (C=O) groups excluding carboxylic acids is 3. The van der Waals surface area contributed by atoms with Crippen LogP contribution in [0.3, 0.4) is 0 Å². The van der Waals surface area contributed by atoms with E-state index in [1.165, 1.54) is 6.92 Å². The summed E-state index contributed by atoms with van der Waals surface area (Å²) >= 11 is 0. The van der Waals surface area contributed by atoms with E-state index >= 15 is 0 Å². The van der Waals surface area contributed by atoms with Gasteiger partial charge in [0, 0.05) is 11.3 Å². The highest BCUT2D eigenvalue weighted by atomic mass is 16.5. The first-order valence-electron chi connectivity index (χ1n) is 6.42. The summed E-state index contributed by atoms with van der Waals surface area (Å²) in [5, 5.41) is 7.53. The Labute approximate surface area is 113 Å². The molecule has 0 aliphatic rings. The zero-order valence-electron chi connectivity index (χ0n) is 11.7. The predicted octanol–water partition coefficient (Wildman–Crippen LogP) is 2.23. The Morgan fingerprint density at radius 2 is 1.79 bits per heavy atom. The molecule has 0 aromatic carbocycles. The Hall–Kier alpha value is -1.78. The second kappa shape index (κ2) is 9.19. The predicted molar refractivity (Wildman–Crippen MR) is 72.3 cm³/mol. The lowest BCUT2D eigenvalue weighted by molar-refractivity contribution is -0.154. The van der Waals surface area contributed by atoms with Crippen molar-refractivity contribution in [2.24, 2.45) is 0 Å². The minimum atomic E-state index is -0.994. The molecular formula is C14H21NO4. The Bertz CT molecular complexity index is 396. The van der Waals surface area contributed by atoms with E-state index in [0.717, 1.165) is 12.8 Å². The maximum atomic E-state index is 11.9. The lowest BCUT2D eigenvalue weighted by atomic mass is 10.0. The van der Waals surface area contributed by atoms with Gasteiger partial charge < -0.3 is 10.1 Å². The van der Waals surface area contributed by atoms with Crippen molar-refractivity contribution in [2.45, 2.75) is 46.5 Å². The third kappa shape index (κ3) is 6.64. The Balaban J connectivity index is 4.66. The standard InChI is InChI=1S/C14H21NO4/c1-4-6-7-8-11(10(3)15)12(16)9-13(17)14(18)19-5-2/h8,15H,4-7,9H2,1-3H3/b11-8+,15-10?. The second-order valence-electron chi connectivity index (χ2n) is 4.13. The number of hydrogen-bond acceptors (Lipinski definition) is 5. The van der Waals surface area contributed by atoms with Gasteiger partial charge in [-0.05, 0) is 20.3 Å². The van der Waals surface area contributed by atoms with Crippen molar-refractivity contribution in [3.8, 4) is 0 Å². The van der Waals surface area contributed by atoms with Crippen LogP contribution in [-0.4, -0.2) is 29.9 Å². The monoisotopic (exact) mass is 267 g/mol. The highest BCUT2D eigenvalue weighted by molar-refractivity contribution is 6.39. The lowest BCUT2D eigenvalue weighted by Gasteiger charge is -2.05. The number of nitrogens with one attached hydrogen (secondary N) is 1. The molecule has 0 rings (SSSR count). The fraction of sp³-hybridized carbons (Fsp3) is 0.571. The summed E-state index contributed by atoms with van der Waals surface area (Å²) in [7, 11) is 0. The van der Waals surface area contributed by atoms with Gasteiger partial charge in [0.2, 0.25) is 5.78 Å². The molecule has 0 saturated heterocycles. The molecule has 106 valence electrons. The normalized spacial score (nSPS) is 11.0. The average molecular weight is 267 g/mol. The Kier molecular flexibility index (Phi) is 8.33. The summed E-state index contributed by atoms with van der Waals surface area (Å²) < 4.78 is 4.53. The van der Waals surface area contributed by atoms with Crippen LogP contribution in [0.1, 0.15) is 46.5 Å². The third-order valence-corrected chi connectivity index (χ3v) is 2.43. The van der Waals surface area contributed by atoms with E-state index in [-0.39, 0.29) is 17.9 Å². The molecule has 0 aromatic heterocycles. The minimum Gasteiger partial charge on any atom is -0.460 e. The molecule has 0 amide bonds. The molecule has 0 heterocycles. The lowest BCUT2D eigenvalue weighted by Crippen LogP contribution is -2.22. The molecule has 0 spiro atoms. The zero-order chi connectivity index (χ0) is 14.8. The van der Waals surface area contributed by atoms with E-state index in [4.69, 9.17) is 5.41 Å². The van der Waals surface area contributed by atoms with Gasteiger partial charge in [0.05, 0.1) is 13.0 Å². The summed E-state index contributed by atoms with van der Waals surface area (Å²) in [4.78, 5) is 34.4. The molecule has 0 atom stereocenters. The number of esters is 1. The van der Waals surface area contributed by atoms with E-state index in [1.807, 2.05) is 6.92 Å². The van der Waals surface area contributed by atoms with Crippen molar-refractivity contribution in [1.29, 1.82) is 5.41 Å². The van der Waals surface area contributed by atoms with E-state index in [9.17, 15) is 14.4 Å². The number of ether oxygens (including phenoxy) is 1. The molecule has 0 fully saturated rings. The van der Waals surface area contributed by atoms with Crippen LogP contribution in [0, 0.1) is 5.41 Å². The highest BCUT2D eigenvalue weighted by Gasteiger charge is 2.21. The van der Waals surface area contributed by atoms with Crippen molar-refractivity contribution < 1.29 is 19.1 Å². The minimum absolute atomic E-state index is 0.0988. The maximum absolute atomic E-state index is 11.9. The van der Waals surface area contributed by atoms with Crippen LogP contribution in [0.4, 0.5) is 0 Å². The first kappa shape index (κ1) is 17.2. The fourth-order valence-corrected chi connectivity index (χ4v) is 1.45. The van der Waals surface area contributed by atoms with E-state index < -0.39 is 24.0 Å². The molecule has 1 N–H and O–H groups in total. The smallest absolute Gasteiger partial charge is 0.375 e. The molecule has 5 heteroatoms. The first-order valence-corrected chi connectivity index (χ1v) is 6.42. The van der Waals surface area contributed by atoms with Gasteiger partial charge >= 0.3 is 5.97 Å². The first-order chi connectivity index (χ1) is 8.93. The molecule has 19 heavy (non-hydrogen) atoms. The van der Waals surface area contributed by atoms with Crippen molar-refractivity contribution in [3.05, 3.63) is 11.6 Å². The molecular weight excluding hydrogens is 246 g/mol. The highest BCUT2D eigenvalue weighted by Crippen LogP contribution is 2.07. The molecule has 0 unspecified atom stereocenters. The molecule has 0 radical (unpaired) electrons.